The standard InChI is InChI=1S/C29H36N2O3S2/c1-5-6-10-14-29(15-13-19-11-8-7-9-12-19)18-22(32)25(26(33)34-29)35-23-17-24-21(31-27(30)36-24)16-20(23)28(2,3)4/h7-9,11-12,16-17,25H,5-6,10,13-15,18H2,1-4H3,(H2,30,31)/t25?,29-/m0/s1. The van der Waals surface area contributed by atoms with Crippen molar-refractivity contribution in [3.63, 3.8) is 0 Å². The first-order valence-corrected chi connectivity index (χ1v) is 14.5. The van der Waals surface area contributed by atoms with Gasteiger partial charge in [-0.2, -0.15) is 0 Å². The Labute approximate surface area is 222 Å². The van der Waals surface area contributed by atoms with Gasteiger partial charge in [-0.15, -0.1) is 11.8 Å². The van der Waals surface area contributed by atoms with Crippen LogP contribution in [0.2, 0.25) is 0 Å². The van der Waals surface area contributed by atoms with E-state index < -0.39 is 16.8 Å². The minimum absolute atomic E-state index is 0.0374. The minimum Gasteiger partial charge on any atom is -0.457 e. The number of ketones is 1. The Kier molecular flexibility index (Phi) is 8.10. The molecule has 0 radical (unpaired) electrons. The summed E-state index contributed by atoms with van der Waals surface area (Å²) in [5.74, 6) is -0.450. The number of rotatable bonds is 9. The van der Waals surface area contributed by atoms with Crippen LogP contribution in [0.1, 0.15) is 77.3 Å². The number of anilines is 1. The predicted molar refractivity (Wildman–Crippen MR) is 150 cm³/mol. The molecule has 1 aliphatic heterocycles. The average Bonchev–Trinajstić information content (AvgIpc) is 3.19. The minimum atomic E-state index is -0.857. The van der Waals surface area contributed by atoms with E-state index in [0.29, 0.717) is 11.6 Å². The van der Waals surface area contributed by atoms with Gasteiger partial charge in [-0.3, -0.25) is 9.59 Å². The van der Waals surface area contributed by atoms with Gasteiger partial charge >= 0.3 is 5.97 Å². The van der Waals surface area contributed by atoms with Crippen LogP contribution in [-0.4, -0.2) is 27.6 Å². The second kappa shape index (κ2) is 10.9. The maximum absolute atomic E-state index is 13.5. The van der Waals surface area contributed by atoms with Gasteiger partial charge in [0.1, 0.15) is 5.60 Å². The summed E-state index contributed by atoms with van der Waals surface area (Å²) in [6, 6.07) is 14.3. The van der Waals surface area contributed by atoms with E-state index in [1.165, 1.54) is 28.7 Å². The van der Waals surface area contributed by atoms with E-state index in [1.807, 2.05) is 30.3 Å². The number of nitrogens with two attached hydrogens (primary N) is 1. The lowest BCUT2D eigenvalue weighted by Gasteiger charge is -2.39. The lowest BCUT2D eigenvalue weighted by molar-refractivity contribution is -0.171. The van der Waals surface area contributed by atoms with Crippen LogP contribution in [0.25, 0.3) is 10.2 Å². The topological polar surface area (TPSA) is 82.3 Å². The molecule has 4 rings (SSSR count). The largest absolute Gasteiger partial charge is 0.457 e. The third-order valence-electron chi connectivity index (χ3n) is 6.83. The molecule has 2 aromatic carbocycles. The van der Waals surface area contributed by atoms with Crippen LogP contribution < -0.4 is 5.73 Å². The van der Waals surface area contributed by atoms with Crippen LogP contribution in [0, 0.1) is 0 Å². The number of aromatic nitrogens is 1. The smallest absolute Gasteiger partial charge is 0.327 e. The number of aryl methyl sites for hydroxylation is 1. The van der Waals surface area contributed by atoms with Gasteiger partial charge < -0.3 is 10.5 Å². The van der Waals surface area contributed by atoms with Crippen molar-refractivity contribution in [1.82, 2.24) is 4.98 Å². The Bertz CT molecular complexity index is 1210. The maximum Gasteiger partial charge on any atom is 0.327 e. The number of fused-ring (bicyclic) bond motifs is 1. The fourth-order valence-electron chi connectivity index (χ4n) is 4.86. The molecule has 5 nitrogen and oxygen atoms in total. The predicted octanol–water partition coefficient (Wildman–Crippen LogP) is 7.10. The number of ether oxygens (including phenoxy) is 1. The maximum atomic E-state index is 13.5. The summed E-state index contributed by atoms with van der Waals surface area (Å²) in [6.07, 6.45) is 5.52. The van der Waals surface area contributed by atoms with Crippen LogP contribution in [0.15, 0.2) is 47.4 Å². The van der Waals surface area contributed by atoms with Gasteiger partial charge in [-0.25, -0.2) is 4.98 Å². The number of benzene rings is 2. The van der Waals surface area contributed by atoms with Crippen molar-refractivity contribution in [2.45, 2.75) is 93.8 Å². The number of Topliss-reactive ketones (excluding diaryl/α,β-unsaturated/α-hetero) is 1. The number of hydrogen-bond donors (Lipinski definition) is 1. The van der Waals surface area contributed by atoms with E-state index in [9.17, 15) is 9.59 Å². The molecule has 2 heterocycles. The summed E-state index contributed by atoms with van der Waals surface area (Å²) >= 11 is 2.73. The Hall–Kier alpha value is -2.38. The number of hydrogen-bond acceptors (Lipinski definition) is 7. The fraction of sp³-hybridized carbons (Fsp3) is 0.483. The number of cyclic esters (lactones) is 1. The van der Waals surface area contributed by atoms with E-state index in [4.69, 9.17) is 10.5 Å². The van der Waals surface area contributed by atoms with Crippen LogP contribution in [0.3, 0.4) is 0 Å². The number of nitrogens with zero attached hydrogens (tertiary/aromatic N) is 1. The van der Waals surface area contributed by atoms with Gasteiger partial charge in [-0.1, -0.05) is 82.2 Å². The molecule has 0 saturated carbocycles. The quantitative estimate of drug-likeness (QED) is 0.183. The zero-order chi connectivity index (χ0) is 25.9. The Morgan fingerprint density at radius 2 is 1.89 bits per heavy atom. The summed E-state index contributed by atoms with van der Waals surface area (Å²) in [6.45, 7) is 8.52. The lowest BCUT2D eigenvalue weighted by atomic mass is 9.82. The van der Waals surface area contributed by atoms with Crippen molar-refractivity contribution in [3.8, 4) is 0 Å². The van der Waals surface area contributed by atoms with Crippen LogP contribution >= 0.6 is 23.1 Å². The molecule has 0 spiro atoms. The Morgan fingerprint density at radius 1 is 1.14 bits per heavy atom. The molecule has 0 aliphatic carbocycles. The van der Waals surface area contributed by atoms with Crippen molar-refractivity contribution < 1.29 is 14.3 Å². The lowest BCUT2D eigenvalue weighted by Crippen LogP contribution is -2.49. The summed E-state index contributed by atoms with van der Waals surface area (Å²) in [5.41, 5.74) is 8.14. The number of carbonyl (C=O) groups is 2. The van der Waals surface area contributed by atoms with Gasteiger partial charge in [0.05, 0.1) is 10.2 Å². The summed E-state index contributed by atoms with van der Waals surface area (Å²) < 4.78 is 7.16. The highest BCUT2D eigenvalue weighted by atomic mass is 32.2. The van der Waals surface area contributed by atoms with Crippen molar-refractivity contribution in [2.24, 2.45) is 0 Å². The monoisotopic (exact) mass is 524 g/mol. The molecular formula is C29H36N2O3S2. The fourth-order valence-corrected chi connectivity index (χ4v) is 6.98. The normalized spacial score (nSPS) is 20.6. The third kappa shape index (κ3) is 6.12. The number of unbranched alkanes of at least 4 members (excludes halogenated alkanes) is 2. The number of esters is 1. The van der Waals surface area contributed by atoms with Crippen molar-refractivity contribution in [1.29, 1.82) is 0 Å². The van der Waals surface area contributed by atoms with Crippen molar-refractivity contribution in [3.05, 3.63) is 53.6 Å². The molecule has 1 unspecified atom stereocenters. The molecule has 7 heteroatoms. The second-order valence-corrected chi connectivity index (χ2v) is 13.0. The van der Waals surface area contributed by atoms with Crippen LogP contribution in [-0.2, 0) is 26.2 Å². The molecule has 36 heavy (non-hydrogen) atoms. The van der Waals surface area contributed by atoms with Crippen molar-refractivity contribution in [2.75, 3.05) is 5.73 Å². The van der Waals surface area contributed by atoms with E-state index >= 15 is 0 Å². The summed E-state index contributed by atoms with van der Waals surface area (Å²) in [5, 5.41) is -0.347. The molecule has 2 N–H and O–H groups in total. The SMILES string of the molecule is CCCCC[C@]1(CCc2ccccc2)CC(=O)C(Sc2cc3sc(N)nc3cc2C(C)(C)C)C(=O)O1. The molecule has 1 aliphatic rings. The summed E-state index contributed by atoms with van der Waals surface area (Å²) in [7, 11) is 0. The molecule has 2 atom stereocenters. The average molecular weight is 525 g/mol. The van der Waals surface area contributed by atoms with Crippen LogP contribution in [0.4, 0.5) is 5.13 Å². The van der Waals surface area contributed by atoms with Crippen molar-refractivity contribution >= 4 is 50.2 Å². The van der Waals surface area contributed by atoms with E-state index in [1.54, 1.807) is 0 Å². The first-order valence-electron chi connectivity index (χ1n) is 12.8. The molecule has 1 saturated heterocycles. The first kappa shape index (κ1) is 26.7. The number of thioether (sulfide) groups is 1. The van der Waals surface area contributed by atoms with Gasteiger partial charge in [0.15, 0.2) is 16.2 Å². The highest BCUT2D eigenvalue weighted by Crippen LogP contribution is 2.43. The molecule has 1 fully saturated rings. The summed E-state index contributed by atoms with van der Waals surface area (Å²) in [4.78, 5) is 32.3. The van der Waals surface area contributed by atoms with Gasteiger partial charge in [-0.05, 0) is 54.4 Å². The highest BCUT2D eigenvalue weighted by molar-refractivity contribution is 8.01. The van der Waals surface area contributed by atoms with Gasteiger partial charge in [0, 0.05) is 11.3 Å². The number of thiazole rings is 1. The molecule has 1 aromatic heterocycles. The third-order valence-corrected chi connectivity index (χ3v) is 8.96. The molecular weight excluding hydrogens is 488 g/mol. The zero-order valence-corrected chi connectivity index (χ0v) is 23.3. The molecule has 0 amide bonds. The zero-order valence-electron chi connectivity index (χ0n) is 21.6. The van der Waals surface area contributed by atoms with E-state index in [0.717, 1.165) is 52.8 Å². The Balaban J connectivity index is 1.58. The van der Waals surface area contributed by atoms with E-state index in [-0.39, 0.29) is 17.6 Å². The van der Waals surface area contributed by atoms with Gasteiger partial charge in [0.25, 0.3) is 0 Å². The van der Waals surface area contributed by atoms with Crippen LogP contribution in [0.5, 0.6) is 0 Å². The van der Waals surface area contributed by atoms with Gasteiger partial charge in [0.2, 0.25) is 0 Å². The molecule has 192 valence electrons. The Morgan fingerprint density at radius 3 is 2.56 bits per heavy atom. The second-order valence-electron chi connectivity index (χ2n) is 10.8. The number of carbonyl (C=O) groups excluding carboxylic acids is 2. The molecule has 0 bridgehead atoms. The number of nitrogen functional groups attached to an aromatic ring is 1. The highest BCUT2D eigenvalue weighted by Gasteiger charge is 2.47. The molecule has 3 aromatic rings. The van der Waals surface area contributed by atoms with E-state index in [2.05, 4.69) is 44.8 Å². The first-order chi connectivity index (χ1) is 17.1.